The molecule has 4 aromatic rings. The summed E-state index contributed by atoms with van der Waals surface area (Å²) < 4.78 is 13.5. The SMILES string of the molecule is Fc1ccc(C2=NN(C(=S)NCCc3ccccc3)C(c3cccc4nccnc34)C2)cc1. The van der Waals surface area contributed by atoms with Crippen molar-refractivity contribution in [3.8, 4) is 0 Å². The molecule has 1 atom stereocenters. The van der Waals surface area contributed by atoms with E-state index >= 15 is 0 Å². The zero-order valence-electron chi connectivity index (χ0n) is 17.9. The van der Waals surface area contributed by atoms with Gasteiger partial charge in [-0.1, -0.05) is 54.6 Å². The van der Waals surface area contributed by atoms with Gasteiger partial charge in [0.25, 0.3) is 0 Å². The first-order valence-corrected chi connectivity index (χ1v) is 11.2. The van der Waals surface area contributed by atoms with Crippen LogP contribution in [-0.2, 0) is 6.42 Å². The number of hydrogen-bond acceptors (Lipinski definition) is 4. The lowest BCUT2D eigenvalue weighted by atomic mass is 9.97. The standard InChI is InChI=1S/C26H22FN5S/c27-20-11-9-19(10-12-20)23-17-24(21-7-4-8-22-25(21)29-16-15-28-22)32(31-23)26(33)30-14-13-18-5-2-1-3-6-18/h1-12,15-16,24H,13-14,17H2,(H,30,33). The molecule has 33 heavy (non-hydrogen) atoms. The van der Waals surface area contributed by atoms with Crippen LogP contribution in [0.5, 0.6) is 0 Å². The number of para-hydroxylation sites is 1. The number of hydrogen-bond donors (Lipinski definition) is 1. The Morgan fingerprint density at radius 2 is 1.76 bits per heavy atom. The van der Waals surface area contributed by atoms with Crippen molar-refractivity contribution in [1.29, 1.82) is 0 Å². The van der Waals surface area contributed by atoms with Crippen LogP contribution in [0.4, 0.5) is 4.39 Å². The first-order valence-electron chi connectivity index (χ1n) is 10.8. The summed E-state index contributed by atoms with van der Waals surface area (Å²) in [5.41, 5.74) is 5.64. The molecule has 5 rings (SSSR count). The van der Waals surface area contributed by atoms with Crippen LogP contribution in [0.3, 0.4) is 0 Å². The van der Waals surface area contributed by atoms with Gasteiger partial charge < -0.3 is 5.32 Å². The second-order valence-corrected chi connectivity index (χ2v) is 8.24. The predicted molar refractivity (Wildman–Crippen MR) is 132 cm³/mol. The molecule has 1 aromatic heterocycles. The van der Waals surface area contributed by atoms with Crippen molar-refractivity contribution in [3.63, 3.8) is 0 Å². The van der Waals surface area contributed by atoms with E-state index in [9.17, 15) is 4.39 Å². The van der Waals surface area contributed by atoms with Gasteiger partial charge in [0.05, 0.1) is 22.8 Å². The molecule has 2 heterocycles. The Bertz CT molecular complexity index is 1300. The summed E-state index contributed by atoms with van der Waals surface area (Å²) in [5, 5.41) is 10.6. The Balaban J connectivity index is 1.43. The van der Waals surface area contributed by atoms with Gasteiger partial charge in [0.15, 0.2) is 5.11 Å². The van der Waals surface area contributed by atoms with Crippen LogP contribution in [0.2, 0.25) is 0 Å². The Morgan fingerprint density at radius 1 is 0.970 bits per heavy atom. The molecular formula is C26H22FN5S. The fourth-order valence-corrected chi connectivity index (χ4v) is 4.35. The van der Waals surface area contributed by atoms with Crippen LogP contribution in [0, 0.1) is 5.82 Å². The third-order valence-corrected chi connectivity index (χ3v) is 6.05. The van der Waals surface area contributed by atoms with E-state index in [1.165, 1.54) is 17.7 Å². The van der Waals surface area contributed by atoms with Crippen LogP contribution in [-0.4, -0.2) is 32.3 Å². The molecule has 0 aliphatic carbocycles. The fourth-order valence-electron chi connectivity index (χ4n) is 4.08. The van der Waals surface area contributed by atoms with Crippen molar-refractivity contribution in [2.24, 2.45) is 5.10 Å². The average Bonchev–Trinajstić information content (AvgIpc) is 3.30. The highest BCUT2D eigenvalue weighted by molar-refractivity contribution is 7.80. The van der Waals surface area contributed by atoms with Crippen molar-refractivity contribution in [2.75, 3.05) is 6.54 Å². The molecule has 1 unspecified atom stereocenters. The fraction of sp³-hybridized carbons (Fsp3) is 0.154. The highest BCUT2D eigenvalue weighted by atomic mass is 32.1. The molecule has 1 N–H and O–H groups in total. The number of thiocarbonyl (C=S) groups is 1. The monoisotopic (exact) mass is 455 g/mol. The molecule has 0 saturated carbocycles. The Hall–Kier alpha value is -3.71. The maximum atomic E-state index is 13.5. The topological polar surface area (TPSA) is 53.4 Å². The molecule has 0 spiro atoms. The number of fused-ring (bicyclic) bond motifs is 1. The lowest BCUT2D eigenvalue weighted by molar-refractivity contribution is 0.366. The van der Waals surface area contributed by atoms with Gasteiger partial charge in [-0.3, -0.25) is 9.97 Å². The Labute approximate surface area is 197 Å². The van der Waals surface area contributed by atoms with Gasteiger partial charge in [-0.25, -0.2) is 9.40 Å². The van der Waals surface area contributed by atoms with Crippen LogP contribution < -0.4 is 5.32 Å². The molecule has 0 radical (unpaired) electrons. The number of nitrogens with one attached hydrogen (secondary N) is 1. The second-order valence-electron chi connectivity index (χ2n) is 7.86. The highest BCUT2D eigenvalue weighted by Gasteiger charge is 2.32. The van der Waals surface area contributed by atoms with Gasteiger partial charge >= 0.3 is 0 Å². The van der Waals surface area contributed by atoms with Gasteiger partial charge in [0.2, 0.25) is 0 Å². The van der Waals surface area contributed by atoms with Crippen molar-refractivity contribution in [3.05, 3.63) is 108 Å². The van der Waals surface area contributed by atoms with E-state index in [-0.39, 0.29) is 11.9 Å². The van der Waals surface area contributed by atoms with Gasteiger partial charge in [-0.05, 0) is 48.0 Å². The van der Waals surface area contributed by atoms with Crippen LogP contribution in [0.1, 0.15) is 29.2 Å². The lowest BCUT2D eigenvalue weighted by Crippen LogP contribution is -2.37. The highest BCUT2D eigenvalue weighted by Crippen LogP contribution is 2.35. The summed E-state index contributed by atoms with van der Waals surface area (Å²) >= 11 is 5.76. The number of hydrazone groups is 1. The molecule has 7 heteroatoms. The first kappa shape index (κ1) is 21.2. The normalized spacial score (nSPS) is 15.5. The van der Waals surface area contributed by atoms with Crippen LogP contribution in [0.25, 0.3) is 11.0 Å². The first-order chi connectivity index (χ1) is 16.2. The van der Waals surface area contributed by atoms with Gasteiger partial charge in [0, 0.05) is 30.9 Å². The van der Waals surface area contributed by atoms with Crippen molar-refractivity contribution in [2.45, 2.75) is 18.9 Å². The Kier molecular flexibility index (Phi) is 6.04. The quantitative estimate of drug-likeness (QED) is 0.428. The molecular weight excluding hydrogens is 433 g/mol. The molecule has 3 aromatic carbocycles. The average molecular weight is 456 g/mol. The molecule has 5 nitrogen and oxygen atoms in total. The van der Waals surface area contributed by atoms with Gasteiger partial charge in [0.1, 0.15) is 5.82 Å². The molecule has 164 valence electrons. The van der Waals surface area contributed by atoms with E-state index in [0.717, 1.165) is 34.3 Å². The van der Waals surface area contributed by atoms with Crippen molar-refractivity contribution in [1.82, 2.24) is 20.3 Å². The van der Waals surface area contributed by atoms with E-state index < -0.39 is 0 Å². The second kappa shape index (κ2) is 9.42. The summed E-state index contributed by atoms with van der Waals surface area (Å²) in [6.45, 7) is 0.697. The summed E-state index contributed by atoms with van der Waals surface area (Å²) in [5.74, 6) is -0.270. The van der Waals surface area contributed by atoms with E-state index in [4.69, 9.17) is 17.3 Å². The van der Waals surface area contributed by atoms with Crippen LogP contribution in [0.15, 0.2) is 90.3 Å². The number of nitrogens with zero attached hydrogens (tertiary/aromatic N) is 4. The maximum Gasteiger partial charge on any atom is 0.190 e. The minimum absolute atomic E-state index is 0.137. The zero-order valence-corrected chi connectivity index (χ0v) is 18.7. The number of aromatic nitrogens is 2. The molecule has 1 aliphatic rings. The minimum Gasteiger partial charge on any atom is -0.361 e. The smallest absolute Gasteiger partial charge is 0.190 e. The zero-order chi connectivity index (χ0) is 22.6. The maximum absolute atomic E-state index is 13.5. The van der Waals surface area contributed by atoms with E-state index in [1.807, 2.05) is 41.4 Å². The summed E-state index contributed by atoms with van der Waals surface area (Å²) in [4.78, 5) is 9.02. The molecule has 0 bridgehead atoms. The van der Waals surface area contributed by atoms with E-state index in [1.54, 1.807) is 24.5 Å². The number of halogens is 1. The van der Waals surface area contributed by atoms with Gasteiger partial charge in [-0.15, -0.1) is 0 Å². The molecule has 1 aliphatic heterocycles. The van der Waals surface area contributed by atoms with E-state index in [2.05, 4.69) is 27.4 Å². The largest absolute Gasteiger partial charge is 0.361 e. The number of benzene rings is 3. The third-order valence-electron chi connectivity index (χ3n) is 5.72. The summed E-state index contributed by atoms with van der Waals surface area (Å²) in [7, 11) is 0. The summed E-state index contributed by atoms with van der Waals surface area (Å²) in [6.07, 6.45) is 4.87. The Morgan fingerprint density at radius 3 is 2.58 bits per heavy atom. The lowest BCUT2D eigenvalue weighted by Gasteiger charge is -2.25. The minimum atomic E-state index is -0.270. The molecule has 0 saturated heterocycles. The number of rotatable bonds is 5. The van der Waals surface area contributed by atoms with E-state index in [0.29, 0.717) is 18.1 Å². The third kappa shape index (κ3) is 4.59. The molecule has 0 amide bonds. The van der Waals surface area contributed by atoms with Crippen LogP contribution >= 0.6 is 12.2 Å². The predicted octanol–water partition coefficient (Wildman–Crippen LogP) is 5.04. The van der Waals surface area contributed by atoms with Crippen molar-refractivity contribution >= 4 is 34.1 Å². The van der Waals surface area contributed by atoms with Crippen molar-refractivity contribution < 1.29 is 4.39 Å². The summed E-state index contributed by atoms with van der Waals surface area (Å²) in [6, 6.07) is 22.5. The van der Waals surface area contributed by atoms with Gasteiger partial charge in [-0.2, -0.15) is 5.10 Å². The molecule has 0 fully saturated rings.